The number of carboxylic acids is 1. The summed E-state index contributed by atoms with van der Waals surface area (Å²) in [4.78, 5) is 38.3. The molecule has 2 amide bonds. The van der Waals surface area contributed by atoms with Crippen molar-refractivity contribution in [1.82, 2.24) is 15.5 Å². The maximum Gasteiger partial charge on any atom is 0.407 e. The van der Waals surface area contributed by atoms with E-state index in [1.54, 1.807) is 19.0 Å². The number of carbonyl (C=O) groups is 3. The van der Waals surface area contributed by atoms with E-state index in [9.17, 15) is 19.5 Å². The molecule has 0 saturated heterocycles. The molecule has 1 aliphatic carbocycles. The van der Waals surface area contributed by atoms with Gasteiger partial charge in [0, 0.05) is 12.5 Å². The lowest BCUT2D eigenvalue weighted by Gasteiger charge is -2.22. The van der Waals surface area contributed by atoms with Gasteiger partial charge in [-0.15, -0.1) is 6.58 Å². The normalized spacial score (nSPS) is 14.0. The number of aliphatic carboxylic acids is 1. The predicted molar refractivity (Wildman–Crippen MR) is 125 cm³/mol. The molecule has 0 aliphatic heterocycles. The summed E-state index contributed by atoms with van der Waals surface area (Å²) in [6, 6.07) is 13.9. The van der Waals surface area contributed by atoms with Crippen LogP contribution in [0.15, 0.2) is 61.2 Å². The molecule has 174 valence electrons. The summed E-state index contributed by atoms with van der Waals surface area (Å²) in [5.74, 6) is -1.88. The average molecular weight is 452 g/mol. The fourth-order valence-electron chi connectivity index (χ4n) is 4.00. The molecule has 0 saturated carbocycles. The van der Waals surface area contributed by atoms with E-state index in [0.717, 1.165) is 22.3 Å². The number of likely N-dealkylation sites (N-methyl/N-ethyl adjacent to an activating group) is 1. The minimum absolute atomic E-state index is 0.105. The lowest BCUT2D eigenvalue weighted by Crippen LogP contribution is -2.54. The third kappa shape index (κ3) is 5.78. The Morgan fingerprint density at radius 2 is 1.61 bits per heavy atom. The van der Waals surface area contributed by atoms with Crippen LogP contribution >= 0.6 is 0 Å². The van der Waals surface area contributed by atoms with Gasteiger partial charge in [0.1, 0.15) is 18.7 Å². The molecule has 1 unspecified atom stereocenters. The highest BCUT2D eigenvalue weighted by Gasteiger charge is 2.30. The van der Waals surface area contributed by atoms with Crippen molar-refractivity contribution in [3.8, 4) is 11.1 Å². The van der Waals surface area contributed by atoms with Crippen LogP contribution in [0, 0.1) is 0 Å². The molecule has 3 N–H and O–H groups in total. The van der Waals surface area contributed by atoms with Gasteiger partial charge in [-0.05, 0) is 42.8 Å². The third-order valence-electron chi connectivity index (χ3n) is 5.52. The van der Waals surface area contributed by atoms with Gasteiger partial charge in [0.15, 0.2) is 0 Å². The number of hydrogen-bond donors (Lipinski definition) is 3. The Morgan fingerprint density at radius 3 is 2.12 bits per heavy atom. The number of alkyl carbamates (subject to hydrolysis) is 1. The molecule has 0 fully saturated rings. The van der Waals surface area contributed by atoms with Crippen molar-refractivity contribution in [2.75, 3.05) is 27.2 Å². The van der Waals surface area contributed by atoms with Crippen LogP contribution in [0.25, 0.3) is 11.1 Å². The molecular weight excluding hydrogens is 422 g/mol. The molecule has 0 heterocycles. The zero-order chi connectivity index (χ0) is 24.0. The van der Waals surface area contributed by atoms with Crippen LogP contribution in [0.1, 0.15) is 23.5 Å². The quantitative estimate of drug-likeness (QED) is 0.479. The fraction of sp³-hybridized carbons (Fsp3) is 0.320. The van der Waals surface area contributed by atoms with Crippen molar-refractivity contribution >= 4 is 18.0 Å². The molecule has 0 bridgehead atoms. The molecule has 2 atom stereocenters. The number of fused-ring (bicyclic) bond motifs is 3. The number of carboxylic acid groups (broad SMARTS) is 1. The smallest absolute Gasteiger partial charge is 0.407 e. The molecule has 2 aromatic rings. The van der Waals surface area contributed by atoms with Crippen LogP contribution in [-0.2, 0) is 14.3 Å². The third-order valence-corrected chi connectivity index (χ3v) is 5.52. The first-order valence-corrected chi connectivity index (χ1v) is 10.7. The van der Waals surface area contributed by atoms with Gasteiger partial charge < -0.3 is 25.4 Å². The second-order valence-corrected chi connectivity index (χ2v) is 8.21. The number of amides is 2. The first kappa shape index (κ1) is 24.0. The van der Waals surface area contributed by atoms with Crippen molar-refractivity contribution in [1.29, 1.82) is 0 Å². The number of ether oxygens (including phenoxy) is 1. The van der Waals surface area contributed by atoms with Crippen LogP contribution in [-0.4, -0.2) is 67.3 Å². The average Bonchev–Trinajstić information content (AvgIpc) is 3.10. The van der Waals surface area contributed by atoms with Gasteiger partial charge in [-0.1, -0.05) is 54.6 Å². The van der Waals surface area contributed by atoms with Gasteiger partial charge in [0.25, 0.3) is 0 Å². The van der Waals surface area contributed by atoms with Gasteiger partial charge in [-0.3, -0.25) is 4.79 Å². The summed E-state index contributed by atoms with van der Waals surface area (Å²) in [5.41, 5.74) is 4.40. The lowest BCUT2D eigenvalue weighted by atomic mass is 9.98. The monoisotopic (exact) mass is 451 g/mol. The van der Waals surface area contributed by atoms with E-state index in [0.29, 0.717) is 0 Å². The van der Waals surface area contributed by atoms with Crippen molar-refractivity contribution in [3.05, 3.63) is 72.3 Å². The number of rotatable bonds is 10. The lowest BCUT2D eigenvalue weighted by molar-refractivity contribution is -0.142. The Hall–Kier alpha value is -3.65. The van der Waals surface area contributed by atoms with Gasteiger partial charge in [-0.25, -0.2) is 9.59 Å². The molecule has 8 heteroatoms. The standard InChI is InChI=1S/C25H29N3O5/c1-4-9-21(23(29)26-22(24(30)31)14-28(2)3)27-25(32)33-15-20-18-12-7-5-10-16(18)17-11-6-8-13-19(17)20/h4-8,10-13,20-22H,1,9,14-15H2,2-3H3,(H,26,29)(H,27,32)(H,30,31)/t21?,22-/m0/s1. The van der Waals surface area contributed by atoms with Crippen molar-refractivity contribution in [2.45, 2.75) is 24.4 Å². The molecule has 2 aromatic carbocycles. The first-order valence-electron chi connectivity index (χ1n) is 10.7. The van der Waals surface area contributed by atoms with E-state index >= 15 is 0 Å². The molecule has 0 radical (unpaired) electrons. The highest BCUT2D eigenvalue weighted by molar-refractivity contribution is 5.89. The maximum atomic E-state index is 12.6. The summed E-state index contributed by atoms with van der Waals surface area (Å²) in [7, 11) is 3.41. The maximum absolute atomic E-state index is 12.6. The van der Waals surface area contributed by atoms with E-state index < -0.39 is 30.1 Å². The molecule has 33 heavy (non-hydrogen) atoms. The van der Waals surface area contributed by atoms with E-state index in [1.165, 1.54) is 6.08 Å². The Labute approximate surface area is 193 Å². The summed E-state index contributed by atoms with van der Waals surface area (Å²) in [6.45, 7) is 3.84. The van der Waals surface area contributed by atoms with E-state index in [1.807, 2.05) is 48.5 Å². The van der Waals surface area contributed by atoms with Gasteiger partial charge in [0.05, 0.1) is 0 Å². The van der Waals surface area contributed by atoms with E-state index in [4.69, 9.17) is 4.74 Å². The van der Waals surface area contributed by atoms with Crippen LogP contribution in [0.5, 0.6) is 0 Å². The summed E-state index contributed by atoms with van der Waals surface area (Å²) in [5, 5.41) is 14.4. The predicted octanol–water partition coefficient (Wildman–Crippen LogP) is 2.60. The zero-order valence-corrected chi connectivity index (χ0v) is 18.8. The second kappa shape index (κ2) is 10.8. The van der Waals surface area contributed by atoms with Gasteiger partial charge >= 0.3 is 12.1 Å². The molecule has 0 aromatic heterocycles. The molecule has 1 aliphatic rings. The second-order valence-electron chi connectivity index (χ2n) is 8.21. The first-order chi connectivity index (χ1) is 15.8. The van der Waals surface area contributed by atoms with Crippen LogP contribution in [0.3, 0.4) is 0 Å². The Bertz CT molecular complexity index is 991. The highest BCUT2D eigenvalue weighted by Crippen LogP contribution is 2.44. The van der Waals surface area contributed by atoms with E-state index in [2.05, 4.69) is 17.2 Å². The number of carbonyl (C=O) groups excluding carboxylic acids is 2. The Morgan fingerprint density at radius 1 is 1.03 bits per heavy atom. The molecule has 3 rings (SSSR count). The molecular formula is C25H29N3O5. The number of hydrogen-bond acceptors (Lipinski definition) is 5. The number of nitrogens with one attached hydrogen (secondary N) is 2. The van der Waals surface area contributed by atoms with Crippen molar-refractivity contribution < 1.29 is 24.2 Å². The number of nitrogens with zero attached hydrogens (tertiary/aromatic N) is 1. The van der Waals surface area contributed by atoms with Crippen molar-refractivity contribution in [3.63, 3.8) is 0 Å². The van der Waals surface area contributed by atoms with Gasteiger partial charge in [-0.2, -0.15) is 0 Å². The zero-order valence-electron chi connectivity index (χ0n) is 18.8. The Kier molecular flexibility index (Phi) is 7.84. The highest BCUT2D eigenvalue weighted by atomic mass is 16.5. The molecule has 0 spiro atoms. The van der Waals surface area contributed by atoms with Crippen LogP contribution < -0.4 is 10.6 Å². The van der Waals surface area contributed by atoms with Gasteiger partial charge in [0.2, 0.25) is 5.91 Å². The van der Waals surface area contributed by atoms with Crippen LogP contribution in [0.2, 0.25) is 0 Å². The number of benzene rings is 2. The summed E-state index contributed by atoms with van der Waals surface area (Å²) < 4.78 is 5.49. The SMILES string of the molecule is C=CCC(NC(=O)OCC1c2ccccc2-c2ccccc21)C(=O)N[C@@H](CN(C)C)C(=O)O. The van der Waals surface area contributed by atoms with E-state index in [-0.39, 0.29) is 25.5 Å². The van der Waals surface area contributed by atoms with Crippen LogP contribution in [0.4, 0.5) is 4.79 Å². The Balaban J connectivity index is 1.64. The summed E-state index contributed by atoms with van der Waals surface area (Å²) >= 11 is 0. The minimum Gasteiger partial charge on any atom is -0.480 e. The largest absolute Gasteiger partial charge is 0.480 e. The topological polar surface area (TPSA) is 108 Å². The van der Waals surface area contributed by atoms with Crippen molar-refractivity contribution in [2.24, 2.45) is 0 Å². The minimum atomic E-state index is -1.16. The molecule has 8 nitrogen and oxygen atoms in total. The fourth-order valence-corrected chi connectivity index (χ4v) is 4.00. The summed E-state index contributed by atoms with van der Waals surface area (Å²) in [6.07, 6.45) is 0.860.